The predicted molar refractivity (Wildman–Crippen MR) is 205 cm³/mol. The van der Waals surface area contributed by atoms with Crippen molar-refractivity contribution >= 4 is 11.9 Å². The van der Waals surface area contributed by atoms with Gasteiger partial charge >= 0.3 is 11.9 Å². The van der Waals surface area contributed by atoms with Gasteiger partial charge in [0.2, 0.25) is 0 Å². The standard InChI is InChI=1S/C43H82O5/c1-3-5-7-9-11-13-15-17-19-21-22-24-25-27-29-31-33-35-37-42(45)47-40-41(39-44)48-43(46)38-36-34-32-30-28-26-23-20-18-16-14-12-10-8-6-4-2/h20,23,41,44H,3-19,21-22,24-40H2,1-2H3/b23-20-. The number of hydrogen-bond donors (Lipinski definition) is 1. The number of aliphatic hydroxyl groups is 1. The molecule has 0 saturated heterocycles. The number of esters is 2. The van der Waals surface area contributed by atoms with Gasteiger partial charge in [0.1, 0.15) is 6.61 Å². The molecule has 5 heteroatoms. The molecule has 0 aliphatic heterocycles. The molecule has 0 bridgehead atoms. The van der Waals surface area contributed by atoms with E-state index in [1.54, 1.807) is 0 Å². The largest absolute Gasteiger partial charge is 0.462 e. The molecule has 0 rings (SSSR count). The van der Waals surface area contributed by atoms with Gasteiger partial charge in [0.25, 0.3) is 0 Å². The summed E-state index contributed by atoms with van der Waals surface area (Å²) in [7, 11) is 0. The molecule has 48 heavy (non-hydrogen) atoms. The third-order valence-electron chi connectivity index (χ3n) is 9.56. The monoisotopic (exact) mass is 679 g/mol. The fourth-order valence-corrected chi connectivity index (χ4v) is 6.31. The molecule has 0 aliphatic rings. The predicted octanol–water partition coefficient (Wildman–Crippen LogP) is 13.3. The summed E-state index contributed by atoms with van der Waals surface area (Å²) in [5.74, 6) is -0.587. The van der Waals surface area contributed by atoms with Gasteiger partial charge < -0.3 is 14.6 Å². The van der Waals surface area contributed by atoms with E-state index in [9.17, 15) is 14.7 Å². The minimum Gasteiger partial charge on any atom is -0.462 e. The van der Waals surface area contributed by atoms with Crippen LogP contribution in [0.2, 0.25) is 0 Å². The highest BCUT2D eigenvalue weighted by Crippen LogP contribution is 2.15. The van der Waals surface area contributed by atoms with Gasteiger partial charge in [0, 0.05) is 12.8 Å². The summed E-state index contributed by atoms with van der Waals surface area (Å²) in [5.41, 5.74) is 0. The summed E-state index contributed by atoms with van der Waals surface area (Å²) in [4.78, 5) is 24.3. The van der Waals surface area contributed by atoms with Crippen LogP contribution in [0.4, 0.5) is 0 Å². The number of aliphatic hydroxyl groups excluding tert-OH is 1. The SMILES string of the molecule is CCCCCCCCC/C=C\CCCCCCCC(=O)OC(CO)COC(=O)CCCCCCCCCCCCCCCCCCCC. The van der Waals surface area contributed by atoms with E-state index in [2.05, 4.69) is 26.0 Å². The number of ether oxygens (including phenoxy) is 2. The van der Waals surface area contributed by atoms with Gasteiger partial charge in [0.05, 0.1) is 6.61 Å². The second-order valence-corrected chi connectivity index (χ2v) is 14.4. The number of carbonyl (C=O) groups excluding carboxylic acids is 2. The molecule has 0 radical (unpaired) electrons. The molecule has 0 heterocycles. The summed E-state index contributed by atoms with van der Waals surface area (Å²) in [5, 5.41) is 9.56. The molecule has 5 nitrogen and oxygen atoms in total. The topological polar surface area (TPSA) is 72.8 Å². The lowest BCUT2D eigenvalue weighted by Gasteiger charge is -2.15. The van der Waals surface area contributed by atoms with E-state index in [0.717, 1.165) is 38.5 Å². The lowest BCUT2D eigenvalue weighted by atomic mass is 10.0. The Labute approximate surface area is 299 Å². The Morgan fingerprint density at radius 1 is 0.458 bits per heavy atom. The molecule has 0 aromatic carbocycles. The molecule has 0 aromatic heterocycles. The summed E-state index contributed by atoms with van der Waals surface area (Å²) in [6.07, 6.45) is 45.6. The lowest BCUT2D eigenvalue weighted by molar-refractivity contribution is -0.161. The van der Waals surface area contributed by atoms with Crippen molar-refractivity contribution in [2.24, 2.45) is 0 Å². The lowest BCUT2D eigenvalue weighted by Crippen LogP contribution is -2.28. The maximum atomic E-state index is 12.2. The van der Waals surface area contributed by atoms with Crippen LogP contribution in [-0.2, 0) is 19.1 Å². The maximum absolute atomic E-state index is 12.2. The van der Waals surface area contributed by atoms with Gasteiger partial charge in [-0.25, -0.2) is 0 Å². The summed E-state index contributed by atoms with van der Waals surface area (Å²) in [6.45, 7) is 4.15. The molecular weight excluding hydrogens is 596 g/mol. The maximum Gasteiger partial charge on any atom is 0.306 e. The minimum absolute atomic E-state index is 0.0629. The molecule has 1 atom stereocenters. The highest BCUT2D eigenvalue weighted by Gasteiger charge is 2.16. The Balaban J connectivity index is 3.50. The van der Waals surface area contributed by atoms with E-state index in [0.29, 0.717) is 12.8 Å². The Hall–Kier alpha value is -1.36. The van der Waals surface area contributed by atoms with Crippen LogP contribution in [-0.4, -0.2) is 36.4 Å². The van der Waals surface area contributed by atoms with Gasteiger partial charge in [-0.3, -0.25) is 9.59 Å². The van der Waals surface area contributed by atoms with Gasteiger partial charge in [-0.05, 0) is 38.5 Å². The molecule has 1 unspecified atom stereocenters. The Bertz CT molecular complexity index is 691. The minimum atomic E-state index is -0.769. The first-order chi connectivity index (χ1) is 23.6. The molecule has 0 aromatic rings. The first-order valence-corrected chi connectivity index (χ1v) is 21.2. The molecule has 0 aliphatic carbocycles. The quantitative estimate of drug-likeness (QED) is 0.0398. The van der Waals surface area contributed by atoms with Gasteiger partial charge in [0.15, 0.2) is 6.10 Å². The average Bonchev–Trinajstić information content (AvgIpc) is 3.09. The Morgan fingerprint density at radius 3 is 1.12 bits per heavy atom. The van der Waals surface area contributed by atoms with Crippen molar-refractivity contribution in [1.29, 1.82) is 0 Å². The van der Waals surface area contributed by atoms with Crippen LogP contribution < -0.4 is 0 Å². The summed E-state index contributed by atoms with van der Waals surface area (Å²) >= 11 is 0. The second kappa shape index (κ2) is 40.1. The number of unbranched alkanes of at least 4 members (excludes halogenated alkanes) is 29. The number of rotatable bonds is 39. The average molecular weight is 679 g/mol. The van der Waals surface area contributed by atoms with Crippen molar-refractivity contribution in [2.75, 3.05) is 13.2 Å². The molecule has 284 valence electrons. The molecule has 0 saturated carbocycles. The molecular formula is C43H82O5. The van der Waals surface area contributed by atoms with Gasteiger partial charge in [-0.1, -0.05) is 193 Å². The van der Waals surface area contributed by atoms with Crippen LogP contribution in [0.25, 0.3) is 0 Å². The van der Waals surface area contributed by atoms with Gasteiger partial charge in [-0.2, -0.15) is 0 Å². The van der Waals surface area contributed by atoms with Crippen molar-refractivity contribution in [3.05, 3.63) is 12.2 Å². The fourth-order valence-electron chi connectivity index (χ4n) is 6.31. The van der Waals surface area contributed by atoms with E-state index >= 15 is 0 Å². The van der Waals surface area contributed by atoms with Crippen LogP contribution in [0.3, 0.4) is 0 Å². The van der Waals surface area contributed by atoms with Crippen LogP contribution in [0, 0.1) is 0 Å². The van der Waals surface area contributed by atoms with Crippen molar-refractivity contribution in [2.45, 2.75) is 238 Å². The van der Waals surface area contributed by atoms with E-state index in [4.69, 9.17) is 9.47 Å². The van der Waals surface area contributed by atoms with Crippen molar-refractivity contribution in [3.8, 4) is 0 Å². The molecule has 1 N–H and O–H groups in total. The smallest absolute Gasteiger partial charge is 0.306 e. The fraction of sp³-hybridized carbons (Fsp3) is 0.907. The highest BCUT2D eigenvalue weighted by atomic mass is 16.6. The normalized spacial score (nSPS) is 12.1. The first-order valence-electron chi connectivity index (χ1n) is 21.2. The van der Waals surface area contributed by atoms with Crippen LogP contribution in [0.5, 0.6) is 0 Å². The molecule has 0 fully saturated rings. The van der Waals surface area contributed by atoms with Crippen molar-refractivity contribution in [3.63, 3.8) is 0 Å². The highest BCUT2D eigenvalue weighted by molar-refractivity contribution is 5.70. The number of allylic oxidation sites excluding steroid dienone is 2. The third-order valence-corrected chi connectivity index (χ3v) is 9.56. The van der Waals surface area contributed by atoms with Crippen molar-refractivity contribution in [1.82, 2.24) is 0 Å². The van der Waals surface area contributed by atoms with Crippen LogP contribution in [0.15, 0.2) is 12.2 Å². The zero-order valence-electron chi connectivity index (χ0n) is 32.3. The third kappa shape index (κ3) is 37.5. The number of hydrogen-bond acceptors (Lipinski definition) is 5. The summed E-state index contributed by atoms with van der Waals surface area (Å²) < 4.78 is 10.6. The van der Waals surface area contributed by atoms with Crippen LogP contribution in [0.1, 0.15) is 232 Å². The van der Waals surface area contributed by atoms with Crippen molar-refractivity contribution < 1.29 is 24.2 Å². The van der Waals surface area contributed by atoms with E-state index in [1.807, 2.05) is 0 Å². The van der Waals surface area contributed by atoms with E-state index in [1.165, 1.54) is 167 Å². The van der Waals surface area contributed by atoms with Gasteiger partial charge in [-0.15, -0.1) is 0 Å². The second-order valence-electron chi connectivity index (χ2n) is 14.4. The zero-order chi connectivity index (χ0) is 35.0. The Kier molecular flexibility index (Phi) is 38.9. The number of carbonyl (C=O) groups is 2. The zero-order valence-corrected chi connectivity index (χ0v) is 32.3. The first kappa shape index (κ1) is 46.6. The van der Waals surface area contributed by atoms with E-state index in [-0.39, 0.29) is 25.2 Å². The van der Waals surface area contributed by atoms with Crippen LogP contribution >= 0.6 is 0 Å². The molecule has 0 amide bonds. The van der Waals surface area contributed by atoms with E-state index < -0.39 is 6.10 Å². The Morgan fingerprint density at radius 2 is 0.771 bits per heavy atom. The summed E-state index contributed by atoms with van der Waals surface area (Å²) in [6, 6.07) is 0. The molecule has 0 spiro atoms.